The van der Waals surface area contributed by atoms with Gasteiger partial charge >= 0.3 is 0 Å². The molecule has 0 aliphatic rings. The monoisotopic (exact) mass is 290 g/mol. The summed E-state index contributed by atoms with van der Waals surface area (Å²) >= 11 is 0. The third-order valence-electron chi connectivity index (χ3n) is 3.94. The normalized spacial score (nSPS) is 13.7. The Balaban J connectivity index is 3.03. The quantitative estimate of drug-likeness (QED) is 0.663. The van der Waals surface area contributed by atoms with Gasteiger partial charge < -0.3 is 4.74 Å². The number of carbonyl (C=O) groups is 1. The molecule has 0 fully saturated rings. The van der Waals surface area contributed by atoms with Crippen LogP contribution in [-0.2, 0) is 4.79 Å². The van der Waals surface area contributed by atoms with Gasteiger partial charge in [-0.2, -0.15) is 0 Å². The standard InChI is InChI=1S/C18H28NO2/c1-5-7-13(3)15-9-10-17(21-12-18(19)20)16(11-15)14(4)8-6-2/h9-11,13-14,19H,5-8,12H2,1-4H3. The summed E-state index contributed by atoms with van der Waals surface area (Å²) in [7, 11) is 0. The fourth-order valence-electron chi connectivity index (χ4n) is 2.72. The van der Waals surface area contributed by atoms with Crippen LogP contribution in [0.3, 0.4) is 0 Å². The van der Waals surface area contributed by atoms with Crippen LogP contribution in [0.5, 0.6) is 5.75 Å². The van der Waals surface area contributed by atoms with E-state index in [1.807, 2.05) is 6.07 Å². The van der Waals surface area contributed by atoms with Crippen molar-refractivity contribution in [1.29, 1.82) is 0 Å². The summed E-state index contributed by atoms with van der Waals surface area (Å²) in [6, 6.07) is 6.28. The Morgan fingerprint density at radius 3 is 2.33 bits per heavy atom. The van der Waals surface area contributed by atoms with E-state index in [1.165, 1.54) is 24.0 Å². The van der Waals surface area contributed by atoms with Crippen LogP contribution >= 0.6 is 0 Å². The molecule has 1 radical (unpaired) electrons. The first-order valence-electron chi connectivity index (χ1n) is 8.00. The number of benzene rings is 1. The number of carbonyl (C=O) groups excluding carboxylic acids is 1. The molecule has 0 heterocycles. The number of hydrogen-bond donors (Lipinski definition) is 0. The van der Waals surface area contributed by atoms with Crippen LogP contribution in [0.15, 0.2) is 18.2 Å². The molecule has 0 aromatic heterocycles. The second-order valence-electron chi connectivity index (χ2n) is 5.89. The number of amides is 1. The minimum absolute atomic E-state index is 0.171. The number of hydrogen-bond acceptors (Lipinski definition) is 2. The Morgan fingerprint density at radius 2 is 1.76 bits per heavy atom. The summed E-state index contributed by atoms with van der Waals surface area (Å²) in [5.74, 6) is 1.01. The summed E-state index contributed by atoms with van der Waals surface area (Å²) in [4.78, 5) is 10.8. The molecule has 0 spiro atoms. The summed E-state index contributed by atoms with van der Waals surface area (Å²) in [6.07, 6.45) is 4.56. The zero-order valence-electron chi connectivity index (χ0n) is 13.7. The van der Waals surface area contributed by atoms with Crippen molar-refractivity contribution >= 4 is 5.91 Å². The Kier molecular flexibility index (Phi) is 7.27. The lowest BCUT2D eigenvalue weighted by atomic mass is 9.89. The van der Waals surface area contributed by atoms with Crippen LogP contribution in [0, 0.1) is 0 Å². The molecule has 1 N–H and O–H groups in total. The number of ether oxygens (including phenoxy) is 1. The van der Waals surface area contributed by atoms with Crippen LogP contribution in [0.4, 0.5) is 0 Å². The Labute approximate surface area is 128 Å². The van der Waals surface area contributed by atoms with Gasteiger partial charge in [0.1, 0.15) is 5.75 Å². The maximum absolute atomic E-state index is 10.8. The highest BCUT2D eigenvalue weighted by atomic mass is 16.5. The topological polar surface area (TPSA) is 50.1 Å². The summed E-state index contributed by atoms with van der Waals surface area (Å²) < 4.78 is 5.52. The Morgan fingerprint density at radius 1 is 1.14 bits per heavy atom. The molecule has 0 saturated heterocycles. The van der Waals surface area contributed by atoms with Gasteiger partial charge in [0.2, 0.25) is 0 Å². The van der Waals surface area contributed by atoms with Gasteiger partial charge in [-0.25, -0.2) is 0 Å². The van der Waals surface area contributed by atoms with E-state index in [1.54, 1.807) is 0 Å². The first kappa shape index (κ1) is 17.5. The van der Waals surface area contributed by atoms with Crippen molar-refractivity contribution in [2.45, 2.75) is 65.2 Å². The van der Waals surface area contributed by atoms with Crippen LogP contribution in [0.2, 0.25) is 0 Å². The largest absolute Gasteiger partial charge is 0.483 e. The fraction of sp³-hybridized carbons (Fsp3) is 0.611. The van der Waals surface area contributed by atoms with E-state index in [4.69, 9.17) is 10.5 Å². The second kappa shape index (κ2) is 8.71. The molecule has 1 aromatic rings. The summed E-state index contributed by atoms with van der Waals surface area (Å²) in [6.45, 7) is 8.65. The van der Waals surface area contributed by atoms with Crippen molar-refractivity contribution in [2.75, 3.05) is 6.61 Å². The van der Waals surface area contributed by atoms with Crippen LogP contribution in [-0.4, -0.2) is 12.5 Å². The van der Waals surface area contributed by atoms with E-state index >= 15 is 0 Å². The maximum Gasteiger partial charge on any atom is 0.276 e. The average Bonchev–Trinajstić information content (AvgIpc) is 2.45. The highest BCUT2D eigenvalue weighted by Crippen LogP contribution is 2.33. The minimum atomic E-state index is -0.687. The molecular weight excluding hydrogens is 262 g/mol. The van der Waals surface area contributed by atoms with Gasteiger partial charge in [-0.05, 0) is 41.9 Å². The maximum atomic E-state index is 10.8. The molecule has 0 saturated carbocycles. The molecule has 3 heteroatoms. The molecule has 21 heavy (non-hydrogen) atoms. The predicted molar refractivity (Wildman–Crippen MR) is 86.7 cm³/mol. The highest BCUT2D eigenvalue weighted by molar-refractivity contribution is 5.74. The van der Waals surface area contributed by atoms with Crippen LogP contribution in [0.1, 0.15) is 76.3 Å². The molecule has 1 amide bonds. The molecule has 0 bridgehead atoms. The van der Waals surface area contributed by atoms with Gasteiger partial charge in [0.05, 0.1) is 0 Å². The first-order valence-corrected chi connectivity index (χ1v) is 8.00. The van der Waals surface area contributed by atoms with Gasteiger partial charge in [0.25, 0.3) is 5.91 Å². The van der Waals surface area contributed by atoms with Crippen molar-refractivity contribution in [3.8, 4) is 5.75 Å². The highest BCUT2D eigenvalue weighted by Gasteiger charge is 2.15. The molecule has 2 atom stereocenters. The lowest BCUT2D eigenvalue weighted by molar-refractivity contribution is -0.120. The van der Waals surface area contributed by atoms with E-state index < -0.39 is 5.91 Å². The lowest BCUT2D eigenvalue weighted by Gasteiger charge is -2.19. The Hall–Kier alpha value is -1.51. The number of nitrogens with one attached hydrogen (secondary N) is 1. The molecule has 0 aliphatic heterocycles. The van der Waals surface area contributed by atoms with E-state index in [0.29, 0.717) is 11.8 Å². The second-order valence-corrected chi connectivity index (χ2v) is 5.89. The van der Waals surface area contributed by atoms with E-state index in [0.717, 1.165) is 18.6 Å². The third-order valence-corrected chi connectivity index (χ3v) is 3.94. The van der Waals surface area contributed by atoms with Crippen molar-refractivity contribution in [3.05, 3.63) is 29.3 Å². The zero-order valence-corrected chi connectivity index (χ0v) is 13.7. The molecule has 3 nitrogen and oxygen atoms in total. The molecule has 117 valence electrons. The Bertz CT molecular complexity index is 457. The molecule has 2 unspecified atom stereocenters. The lowest BCUT2D eigenvalue weighted by Crippen LogP contribution is -2.13. The van der Waals surface area contributed by atoms with E-state index in [2.05, 4.69) is 39.8 Å². The third kappa shape index (κ3) is 5.41. The van der Waals surface area contributed by atoms with Gasteiger partial charge in [0.15, 0.2) is 6.61 Å². The van der Waals surface area contributed by atoms with Crippen molar-refractivity contribution < 1.29 is 9.53 Å². The number of rotatable bonds is 9. The van der Waals surface area contributed by atoms with Crippen molar-refractivity contribution in [1.82, 2.24) is 5.73 Å². The molecule has 0 aliphatic carbocycles. The van der Waals surface area contributed by atoms with Gasteiger partial charge in [-0.1, -0.05) is 52.7 Å². The average molecular weight is 290 g/mol. The zero-order chi connectivity index (χ0) is 15.8. The molecular formula is C18H28NO2. The molecule has 1 aromatic carbocycles. The first-order chi connectivity index (χ1) is 9.99. The van der Waals surface area contributed by atoms with Crippen LogP contribution in [0.25, 0.3) is 0 Å². The van der Waals surface area contributed by atoms with Crippen molar-refractivity contribution in [3.63, 3.8) is 0 Å². The summed E-state index contributed by atoms with van der Waals surface area (Å²) in [5.41, 5.74) is 9.49. The van der Waals surface area contributed by atoms with Gasteiger partial charge in [-0.3, -0.25) is 10.5 Å². The fourth-order valence-corrected chi connectivity index (χ4v) is 2.72. The van der Waals surface area contributed by atoms with Gasteiger partial charge in [0, 0.05) is 0 Å². The van der Waals surface area contributed by atoms with Gasteiger partial charge in [-0.15, -0.1) is 0 Å². The van der Waals surface area contributed by atoms with E-state index in [9.17, 15) is 4.79 Å². The summed E-state index contributed by atoms with van der Waals surface area (Å²) in [5, 5.41) is 0. The minimum Gasteiger partial charge on any atom is -0.483 e. The van der Waals surface area contributed by atoms with E-state index in [-0.39, 0.29) is 6.61 Å². The smallest absolute Gasteiger partial charge is 0.276 e. The molecule has 1 rings (SSSR count). The van der Waals surface area contributed by atoms with Crippen molar-refractivity contribution in [2.24, 2.45) is 0 Å². The predicted octanol–water partition coefficient (Wildman–Crippen LogP) is 4.68. The van der Waals surface area contributed by atoms with Crippen LogP contribution < -0.4 is 10.5 Å². The SMILES string of the molecule is CCCC(C)c1ccc(OCC([NH])=O)c(C(C)CCC)c1.